The van der Waals surface area contributed by atoms with E-state index in [1.807, 2.05) is 0 Å². The van der Waals surface area contributed by atoms with E-state index in [9.17, 15) is 4.79 Å². The van der Waals surface area contributed by atoms with Crippen molar-refractivity contribution in [2.75, 3.05) is 0 Å². The number of hydrogen-bond donors (Lipinski definition) is 0. The lowest BCUT2D eigenvalue weighted by Gasteiger charge is -1.97. The van der Waals surface area contributed by atoms with E-state index >= 15 is 0 Å². The molecule has 0 N–H and O–H groups in total. The number of nitrogens with zero attached hydrogens (tertiary/aromatic N) is 1. The van der Waals surface area contributed by atoms with Crippen LogP contribution in [0.5, 0.6) is 5.88 Å². The monoisotopic (exact) mass is 214 g/mol. The van der Waals surface area contributed by atoms with Crippen molar-refractivity contribution in [2.24, 2.45) is 0 Å². The van der Waals surface area contributed by atoms with Crippen LogP contribution in [-0.4, -0.2) is 11.0 Å². The highest BCUT2D eigenvalue weighted by atomic mass is 79.9. The van der Waals surface area contributed by atoms with Gasteiger partial charge in [0.25, 0.3) is 0 Å². The molecule has 0 aliphatic carbocycles. The molecule has 0 amide bonds. The molecule has 1 rings (SSSR count). The van der Waals surface area contributed by atoms with E-state index in [4.69, 9.17) is 0 Å². The standard InChI is InChI=1S/C7H5BrNO2/c1-5(10)11-7-3-2-6(8)4-9-7/h3-4H,1H3. The van der Waals surface area contributed by atoms with Crippen molar-refractivity contribution in [3.8, 4) is 5.88 Å². The molecule has 11 heavy (non-hydrogen) atoms. The second kappa shape index (κ2) is 3.48. The van der Waals surface area contributed by atoms with Crippen LogP contribution in [0.15, 0.2) is 16.7 Å². The largest absolute Gasteiger partial charge is 0.408 e. The predicted molar refractivity (Wildman–Crippen MR) is 42.1 cm³/mol. The summed E-state index contributed by atoms with van der Waals surface area (Å²) in [4.78, 5) is 14.2. The fourth-order valence-electron chi connectivity index (χ4n) is 0.529. The molecule has 0 aliphatic rings. The van der Waals surface area contributed by atoms with Crippen LogP contribution in [-0.2, 0) is 4.79 Å². The van der Waals surface area contributed by atoms with Gasteiger partial charge in [0.15, 0.2) is 0 Å². The van der Waals surface area contributed by atoms with Gasteiger partial charge in [-0.25, -0.2) is 4.98 Å². The molecule has 0 saturated carbocycles. The topological polar surface area (TPSA) is 39.2 Å². The lowest BCUT2D eigenvalue weighted by atomic mass is 10.5. The summed E-state index contributed by atoms with van der Waals surface area (Å²) in [6.07, 6.45) is 1.51. The quantitative estimate of drug-likeness (QED) is 0.667. The second-order valence-electron chi connectivity index (χ2n) is 1.83. The maximum Gasteiger partial charge on any atom is 0.309 e. The van der Waals surface area contributed by atoms with Crippen LogP contribution in [0.2, 0.25) is 0 Å². The third kappa shape index (κ3) is 2.67. The first-order chi connectivity index (χ1) is 5.18. The third-order valence-corrected chi connectivity index (χ3v) is 1.32. The Kier molecular flexibility index (Phi) is 2.59. The highest BCUT2D eigenvalue weighted by Gasteiger charge is 1.97. The summed E-state index contributed by atoms with van der Waals surface area (Å²) < 4.78 is 5.40. The first-order valence-electron chi connectivity index (χ1n) is 2.90. The van der Waals surface area contributed by atoms with Crippen molar-refractivity contribution < 1.29 is 9.53 Å². The second-order valence-corrected chi connectivity index (χ2v) is 2.68. The molecule has 0 atom stereocenters. The molecule has 1 aromatic rings. The number of rotatable bonds is 1. The molecule has 0 fully saturated rings. The summed E-state index contributed by atoms with van der Waals surface area (Å²) in [5.74, 6) is -0.117. The van der Waals surface area contributed by atoms with E-state index in [2.05, 4.69) is 31.7 Å². The number of halogens is 1. The average molecular weight is 215 g/mol. The van der Waals surface area contributed by atoms with E-state index in [0.717, 1.165) is 4.47 Å². The first-order valence-corrected chi connectivity index (χ1v) is 3.69. The summed E-state index contributed by atoms with van der Waals surface area (Å²) in [6, 6.07) is 4.27. The minimum absolute atomic E-state index is 0.265. The SMILES string of the molecule is CC(=O)Oc1c[c]c(Br)cn1. The fourth-order valence-corrected chi connectivity index (χ4v) is 0.745. The highest BCUT2D eigenvalue weighted by Crippen LogP contribution is 2.11. The van der Waals surface area contributed by atoms with Gasteiger partial charge < -0.3 is 4.74 Å². The Morgan fingerprint density at radius 3 is 3.00 bits per heavy atom. The molecule has 0 spiro atoms. The number of pyridine rings is 1. The van der Waals surface area contributed by atoms with E-state index < -0.39 is 0 Å². The van der Waals surface area contributed by atoms with Gasteiger partial charge in [0, 0.05) is 29.7 Å². The predicted octanol–water partition coefficient (Wildman–Crippen LogP) is 1.57. The summed E-state index contributed by atoms with van der Waals surface area (Å²) in [7, 11) is 0. The molecule has 3 nitrogen and oxygen atoms in total. The molecule has 1 radical (unpaired) electrons. The Morgan fingerprint density at radius 2 is 2.55 bits per heavy atom. The molecule has 1 aromatic heterocycles. The van der Waals surface area contributed by atoms with Gasteiger partial charge in [0.2, 0.25) is 5.88 Å². The first kappa shape index (κ1) is 8.20. The van der Waals surface area contributed by atoms with Crippen LogP contribution < -0.4 is 4.74 Å². The van der Waals surface area contributed by atoms with Crippen LogP contribution >= 0.6 is 15.9 Å². The van der Waals surface area contributed by atoms with Crippen LogP contribution in [0.25, 0.3) is 0 Å². The smallest absolute Gasteiger partial charge is 0.309 e. The Bertz CT molecular complexity index is 258. The summed E-state index contributed by atoms with van der Waals surface area (Å²) in [5, 5.41) is 0. The van der Waals surface area contributed by atoms with Crippen molar-refractivity contribution >= 4 is 21.9 Å². The molecular weight excluding hydrogens is 210 g/mol. The van der Waals surface area contributed by atoms with Gasteiger partial charge in [-0.15, -0.1) is 0 Å². The van der Waals surface area contributed by atoms with Crippen LogP contribution in [0, 0.1) is 6.07 Å². The zero-order chi connectivity index (χ0) is 8.27. The van der Waals surface area contributed by atoms with E-state index in [-0.39, 0.29) is 11.8 Å². The van der Waals surface area contributed by atoms with Gasteiger partial charge in [0.05, 0.1) is 0 Å². The molecule has 0 unspecified atom stereocenters. The average Bonchev–Trinajstić information content (AvgIpc) is 1.93. The Hall–Kier alpha value is -0.900. The fraction of sp³-hybridized carbons (Fsp3) is 0.143. The number of aromatic nitrogens is 1. The molecule has 57 valence electrons. The van der Waals surface area contributed by atoms with E-state index in [0.29, 0.717) is 0 Å². The van der Waals surface area contributed by atoms with E-state index in [1.54, 1.807) is 0 Å². The number of carbonyl (C=O) groups excluding carboxylic acids is 1. The Morgan fingerprint density at radius 1 is 1.82 bits per heavy atom. The van der Waals surface area contributed by atoms with Crippen molar-refractivity contribution in [3.05, 3.63) is 22.8 Å². The molecular formula is C7H5BrNO2. The molecule has 0 aliphatic heterocycles. The van der Waals surface area contributed by atoms with Crippen LogP contribution in [0.1, 0.15) is 6.92 Å². The number of ether oxygens (including phenoxy) is 1. The molecule has 4 heteroatoms. The van der Waals surface area contributed by atoms with Gasteiger partial charge in [-0.2, -0.15) is 0 Å². The van der Waals surface area contributed by atoms with Gasteiger partial charge in [-0.1, -0.05) is 0 Å². The highest BCUT2D eigenvalue weighted by molar-refractivity contribution is 9.10. The maximum atomic E-state index is 10.4. The summed E-state index contributed by atoms with van der Waals surface area (Å²) in [6.45, 7) is 1.32. The summed E-state index contributed by atoms with van der Waals surface area (Å²) >= 11 is 3.15. The Labute approximate surface area is 72.5 Å². The lowest BCUT2D eigenvalue weighted by Crippen LogP contribution is -2.02. The van der Waals surface area contributed by atoms with Crippen molar-refractivity contribution in [1.29, 1.82) is 0 Å². The summed E-state index contributed by atoms with van der Waals surface area (Å²) in [5.41, 5.74) is 0. The minimum Gasteiger partial charge on any atom is -0.408 e. The zero-order valence-electron chi connectivity index (χ0n) is 5.80. The van der Waals surface area contributed by atoms with Gasteiger partial charge in [0.1, 0.15) is 0 Å². The third-order valence-electron chi connectivity index (χ3n) is 0.887. The van der Waals surface area contributed by atoms with Gasteiger partial charge in [-0.3, -0.25) is 4.79 Å². The van der Waals surface area contributed by atoms with Crippen molar-refractivity contribution in [1.82, 2.24) is 4.98 Å². The number of esters is 1. The Balaban J connectivity index is 2.74. The molecule has 0 bridgehead atoms. The minimum atomic E-state index is -0.381. The van der Waals surface area contributed by atoms with Crippen LogP contribution in [0.4, 0.5) is 0 Å². The molecule has 0 saturated heterocycles. The van der Waals surface area contributed by atoms with Gasteiger partial charge >= 0.3 is 5.97 Å². The maximum absolute atomic E-state index is 10.4. The van der Waals surface area contributed by atoms with Crippen molar-refractivity contribution in [3.63, 3.8) is 0 Å². The number of carbonyl (C=O) groups is 1. The molecule has 1 heterocycles. The lowest BCUT2D eigenvalue weighted by molar-refractivity contribution is -0.132. The normalized spacial score (nSPS) is 9.27. The van der Waals surface area contributed by atoms with Crippen LogP contribution in [0.3, 0.4) is 0 Å². The molecule has 0 aromatic carbocycles. The zero-order valence-corrected chi connectivity index (χ0v) is 7.38. The van der Waals surface area contributed by atoms with Crippen molar-refractivity contribution in [2.45, 2.75) is 6.92 Å². The number of hydrogen-bond acceptors (Lipinski definition) is 3. The van der Waals surface area contributed by atoms with E-state index in [1.165, 1.54) is 19.2 Å². The van der Waals surface area contributed by atoms with Gasteiger partial charge in [-0.05, 0) is 15.9 Å².